The molecule has 0 atom stereocenters. The molecule has 0 bridgehead atoms. The van der Waals surface area contributed by atoms with Crippen LogP contribution >= 0.6 is 0 Å². The molecule has 144 valence electrons. The van der Waals surface area contributed by atoms with Gasteiger partial charge >= 0.3 is 0 Å². The molecule has 26 heavy (non-hydrogen) atoms. The number of anilines is 1. The molecular formula is C20H32N4O2. The van der Waals surface area contributed by atoms with E-state index < -0.39 is 0 Å². The second-order valence-electron chi connectivity index (χ2n) is 6.51. The Morgan fingerprint density at radius 2 is 1.92 bits per heavy atom. The van der Waals surface area contributed by atoms with Gasteiger partial charge in [-0.2, -0.15) is 0 Å². The fourth-order valence-corrected chi connectivity index (χ4v) is 3.14. The predicted octanol–water partition coefficient (Wildman–Crippen LogP) is 2.65. The lowest BCUT2D eigenvalue weighted by Gasteiger charge is -2.34. The molecule has 0 unspecified atom stereocenters. The highest BCUT2D eigenvalue weighted by Gasteiger charge is 2.21. The molecule has 2 N–H and O–H groups in total. The number of carbonyl (C=O) groups excluding carboxylic acids is 1. The highest BCUT2D eigenvalue weighted by molar-refractivity contribution is 5.88. The van der Waals surface area contributed by atoms with Crippen molar-refractivity contribution in [3.63, 3.8) is 0 Å². The summed E-state index contributed by atoms with van der Waals surface area (Å²) in [7, 11) is 0. The summed E-state index contributed by atoms with van der Waals surface area (Å²) in [4.78, 5) is 18.2. The number of benzene rings is 1. The van der Waals surface area contributed by atoms with Crippen LogP contribution in [0, 0.1) is 0 Å². The normalized spacial score (nSPS) is 15.8. The Balaban J connectivity index is 1.86. The minimum Gasteiger partial charge on any atom is -0.378 e. The largest absolute Gasteiger partial charge is 0.378 e. The second-order valence-corrected chi connectivity index (χ2v) is 6.51. The third-order valence-electron chi connectivity index (χ3n) is 4.42. The monoisotopic (exact) mass is 360 g/mol. The Hall–Kier alpha value is -2.08. The lowest BCUT2D eigenvalue weighted by molar-refractivity contribution is -0.114. The molecular weight excluding hydrogens is 328 g/mol. The SMILES string of the molecule is CCNC(=NCCc1ccc(NC(C)=O)cc1)N1CCC(OCC)CC1. The molecule has 6 heteroatoms. The maximum absolute atomic E-state index is 11.1. The van der Waals surface area contributed by atoms with Crippen molar-refractivity contribution >= 4 is 17.6 Å². The predicted molar refractivity (Wildman–Crippen MR) is 107 cm³/mol. The molecule has 0 saturated carbocycles. The lowest BCUT2D eigenvalue weighted by atomic mass is 10.1. The lowest BCUT2D eigenvalue weighted by Crippen LogP contribution is -2.47. The Kier molecular flexibility index (Phi) is 8.41. The van der Waals surface area contributed by atoms with Crippen LogP contribution in [0.15, 0.2) is 29.3 Å². The summed E-state index contributed by atoms with van der Waals surface area (Å²) < 4.78 is 5.73. The van der Waals surface area contributed by atoms with Gasteiger partial charge in [-0.25, -0.2) is 0 Å². The summed E-state index contributed by atoms with van der Waals surface area (Å²) in [6, 6.07) is 7.96. The van der Waals surface area contributed by atoms with E-state index >= 15 is 0 Å². The van der Waals surface area contributed by atoms with E-state index in [2.05, 4.69) is 29.4 Å². The molecule has 0 spiro atoms. The number of hydrogen-bond donors (Lipinski definition) is 2. The second kappa shape index (κ2) is 10.8. The average molecular weight is 361 g/mol. The van der Waals surface area contributed by atoms with Crippen LogP contribution in [0.1, 0.15) is 39.2 Å². The van der Waals surface area contributed by atoms with Crippen molar-refractivity contribution in [2.45, 2.75) is 46.1 Å². The van der Waals surface area contributed by atoms with Crippen molar-refractivity contribution in [3.05, 3.63) is 29.8 Å². The maximum atomic E-state index is 11.1. The summed E-state index contributed by atoms with van der Waals surface area (Å²) in [5.74, 6) is 0.947. The molecule has 1 aromatic carbocycles. The zero-order valence-corrected chi connectivity index (χ0v) is 16.3. The van der Waals surface area contributed by atoms with Gasteiger partial charge in [-0.3, -0.25) is 9.79 Å². The zero-order chi connectivity index (χ0) is 18.8. The third kappa shape index (κ3) is 6.67. The molecule has 0 aliphatic carbocycles. The van der Waals surface area contributed by atoms with E-state index in [0.717, 1.165) is 63.7 Å². The quantitative estimate of drug-likeness (QED) is 0.579. The van der Waals surface area contributed by atoms with E-state index in [1.807, 2.05) is 24.3 Å². The Morgan fingerprint density at radius 3 is 2.50 bits per heavy atom. The Labute approximate surface area is 157 Å². The van der Waals surface area contributed by atoms with Crippen LogP contribution < -0.4 is 10.6 Å². The van der Waals surface area contributed by atoms with Crippen molar-refractivity contribution < 1.29 is 9.53 Å². The van der Waals surface area contributed by atoms with Gasteiger partial charge in [-0.05, 0) is 50.8 Å². The van der Waals surface area contributed by atoms with Crippen molar-refractivity contribution in [2.24, 2.45) is 4.99 Å². The molecule has 1 heterocycles. The smallest absolute Gasteiger partial charge is 0.221 e. The number of piperidine rings is 1. The van der Waals surface area contributed by atoms with Gasteiger partial charge in [0.2, 0.25) is 5.91 Å². The molecule has 1 saturated heterocycles. The van der Waals surface area contributed by atoms with Gasteiger partial charge < -0.3 is 20.3 Å². The van der Waals surface area contributed by atoms with Gasteiger partial charge in [-0.15, -0.1) is 0 Å². The number of hydrogen-bond acceptors (Lipinski definition) is 3. The fourth-order valence-electron chi connectivity index (χ4n) is 3.14. The van der Waals surface area contributed by atoms with Crippen molar-refractivity contribution in [1.82, 2.24) is 10.2 Å². The number of carbonyl (C=O) groups is 1. The van der Waals surface area contributed by atoms with E-state index in [-0.39, 0.29) is 5.91 Å². The first kappa shape index (κ1) is 20.2. The van der Waals surface area contributed by atoms with Gasteiger partial charge in [0.25, 0.3) is 0 Å². The van der Waals surface area contributed by atoms with E-state index in [0.29, 0.717) is 6.10 Å². The number of amides is 1. The molecule has 1 amide bonds. The summed E-state index contributed by atoms with van der Waals surface area (Å²) >= 11 is 0. The number of rotatable bonds is 7. The number of nitrogens with zero attached hydrogens (tertiary/aromatic N) is 2. The molecule has 0 aromatic heterocycles. The summed E-state index contributed by atoms with van der Waals surface area (Å²) in [5, 5.41) is 6.19. The van der Waals surface area contributed by atoms with Crippen LogP contribution in [0.5, 0.6) is 0 Å². The standard InChI is InChI=1S/C20H32N4O2/c1-4-21-20(24-14-11-19(12-15-24)26-5-2)22-13-10-17-6-8-18(9-7-17)23-16(3)25/h6-9,19H,4-5,10-15H2,1-3H3,(H,21,22)(H,23,25). The van der Waals surface area contributed by atoms with E-state index in [1.165, 1.54) is 12.5 Å². The van der Waals surface area contributed by atoms with Crippen LogP contribution in [0.25, 0.3) is 0 Å². The minimum absolute atomic E-state index is 0.0502. The van der Waals surface area contributed by atoms with Crippen LogP contribution in [0.3, 0.4) is 0 Å². The van der Waals surface area contributed by atoms with E-state index in [4.69, 9.17) is 9.73 Å². The van der Waals surface area contributed by atoms with Crippen LogP contribution in [-0.2, 0) is 16.0 Å². The summed E-state index contributed by atoms with van der Waals surface area (Å²) in [5.41, 5.74) is 2.05. The van der Waals surface area contributed by atoms with Crippen LogP contribution in [0.2, 0.25) is 0 Å². The number of likely N-dealkylation sites (tertiary alicyclic amines) is 1. The number of aliphatic imine (C=N–C) groups is 1. The average Bonchev–Trinajstić information content (AvgIpc) is 2.63. The van der Waals surface area contributed by atoms with Crippen molar-refractivity contribution in [1.29, 1.82) is 0 Å². The van der Waals surface area contributed by atoms with Crippen LogP contribution in [-0.4, -0.2) is 55.7 Å². The molecule has 2 rings (SSSR count). The van der Waals surface area contributed by atoms with Crippen molar-refractivity contribution in [3.8, 4) is 0 Å². The number of ether oxygens (including phenoxy) is 1. The molecule has 1 aliphatic heterocycles. The van der Waals surface area contributed by atoms with Gasteiger partial charge in [0.05, 0.1) is 6.10 Å². The topological polar surface area (TPSA) is 66.0 Å². The Bertz CT molecular complexity index is 578. The van der Waals surface area contributed by atoms with Gasteiger partial charge in [-0.1, -0.05) is 12.1 Å². The minimum atomic E-state index is -0.0502. The van der Waals surface area contributed by atoms with Gasteiger partial charge in [0, 0.05) is 45.4 Å². The highest BCUT2D eigenvalue weighted by atomic mass is 16.5. The van der Waals surface area contributed by atoms with Gasteiger partial charge in [0.1, 0.15) is 0 Å². The molecule has 6 nitrogen and oxygen atoms in total. The summed E-state index contributed by atoms with van der Waals surface area (Å²) in [6.07, 6.45) is 3.39. The van der Waals surface area contributed by atoms with Gasteiger partial charge in [0.15, 0.2) is 5.96 Å². The number of guanidine groups is 1. The third-order valence-corrected chi connectivity index (χ3v) is 4.42. The molecule has 1 aromatic rings. The van der Waals surface area contributed by atoms with Crippen LogP contribution in [0.4, 0.5) is 5.69 Å². The Morgan fingerprint density at radius 1 is 1.23 bits per heavy atom. The molecule has 0 radical (unpaired) electrons. The first-order valence-electron chi connectivity index (χ1n) is 9.63. The first-order chi connectivity index (χ1) is 12.6. The fraction of sp³-hybridized carbons (Fsp3) is 0.600. The maximum Gasteiger partial charge on any atom is 0.221 e. The van der Waals surface area contributed by atoms with E-state index in [1.54, 1.807) is 0 Å². The highest BCUT2D eigenvalue weighted by Crippen LogP contribution is 2.14. The first-order valence-corrected chi connectivity index (χ1v) is 9.63. The van der Waals surface area contributed by atoms with E-state index in [9.17, 15) is 4.79 Å². The number of nitrogens with one attached hydrogen (secondary N) is 2. The summed E-state index contributed by atoms with van der Waals surface area (Å²) in [6.45, 7) is 10.1. The zero-order valence-electron chi connectivity index (χ0n) is 16.3. The van der Waals surface area contributed by atoms with Crippen molar-refractivity contribution in [2.75, 3.05) is 38.1 Å². The molecule has 1 fully saturated rings. The molecule has 1 aliphatic rings.